The number of aliphatic hydroxyl groups excluding tert-OH is 2. The molecule has 1 unspecified atom stereocenters. The quantitative estimate of drug-likeness (QED) is 0.434. The predicted molar refractivity (Wildman–Crippen MR) is 139 cm³/mol. The lowest BCUT2D eigenvalue weighted by Gasteiger charge is -2.43. The van der Waals surface area contributed by atoms with Crippen LogP contribution < -0.4 is 10.2 Å². The average Bonchev–Trinajstić information content (AvgIpc) is 2.90. The molecule has 0 bridgehead atoms. The van der Waals surface area contributed by atoms with Gasteiger partial charge in [0.1, 0.15) is 18.0 Å². The van der Waals surface area contributed by atoms with E-state index in [0.717, 1.165) is 49.5 Å². The summed E-state index contributed by atoms with van der Waals surface area (Å²) >= 11 is 5.93. The van der Waals surface area contributed by atoms with E-state index in [4.69, 9.17) is 11.6 Å². The molecule has 0 aliphatic carbocycles. The van der Waals surface area contributed by atoms with E-state index < -0.39 is 6.10 Å². The molecule has 35 heavy (non-hydrogen) atoms. The molecule has 184 valence electrons. The Morgan fingerprint density at radius 3 is 2.60 bits per heavy atom. The molecule has 1 aromatic heterocycles. The number of aromatic nitrogens is 2. The molecule has 1 fully saturated rings. The Morgan fingerprint density at radius 2 is 1.86 bits per heavy atom. The van der Waals surface area contributed by atoms with Crippen molar-refractivity contribution in [2.24, 2.45) is 0 Å². The van der Waals surface area contributed by atoms with Crippen LogP contribution in [0.1, 0.15) is 29.0 Å². The first-order valence-electron chi connectivity index (χ1n) is 12.2. The van der Waals surface area contributed by atoms with Crippen LogP contribution in [0.4, 0.5) is 17.3 Å². The van der Waals surface area contributed by atoms with Crippen LogP contribution in [0, 0.1) is 0 Å². The Hall–Kier alpha value is -2.71. The summed E-state index contributed by atoms with van der Waals surface area (Å²) in [6, 6.07) is 18.6. The zero-order chi connectivity index (χ0) is 24.2. The van der Waals surface area contributed by atoms with Crippen molar-refractivity contribution in [2.75, 3.05) is 42.3 Å². The smallest absolute Gasteiger partial charge is 0.135 e. The third-order valence-electron chi connectivity index (χ3n) is 7.21. The first-order chi connectivity index (χ1) is 17.1. The van der Waals surface area contributed by atoms with E-state index in [1.165, 1.54) is 11.1 Å². The van der Waals surface area contributed by atoms with Crippen molar-refractivity contribution in [2.45, 2.75) is 37.5 Å². The van der Waals surface area contributed by atoms with Crippen LogP contribution in [0.2, 0.25) is 0 Å². The van der Waals surface area contributed by atoms with Crippen LogP contribution in [0.25, 0.3) is 0 Å². The minimum atomic E-state index is -0.436. The number of nitrogens with one attached hydrogen (secondary N) is 1. The van der Waals surface area contributed by atoms with Crippen LogP contribution in [0.5, 0.6) is 0 Å². The molecule has 3 heterocycles. The summed E-state index contributed by atoms with van der Waals surface area (Å²) in [7, 11) is 0. The van der Waals surface area contributed by atoms with E-state index in [1.54, 1.807) is 6.33 Å². The number of hydrogen-bond donors (Lipinski definition) is 3. The Morgan fingerprint density at radius 1 is 1.06 bits per heavy atom. The van der Waals surface area contributed by atoms with E-state index in [1.807, 2.05) is 30.3 Å². The predicted octanol–water partition coefficient (Wildman–Crippen LogP) is 3.53. The Labute approximate surface area is 211 Å². The Balaban J connectivity index is 1.21. The number of aliphatic hydroxyl groups is 2. The fourth-order valence-electron chi connectivity index (χ4n) is 5.17. The van der Waals surface area contributed by atoms with Gasteiger partial charge in [-0.05, 0) is 41.7 Å². The Bertz CT molecular complexity index is 1120. The van der Waals surface area contributed by atoms with Crippen molar-refractivity contribution in [3.63, 3.8) is 0 Å². The molecule has 1 saturated heterocycles. The zero-order valence-corrected chi connectivity index (χ0v) is 20.5. The van der Waals surface area contributed by atoms with Gasteiger partial charge in [-0.25, -0.2) is 9.97 Å². The van der Waals surface area contributed by atoms with Gasteiger partial charge in [0, 0.05) is 55.8 Å². The molecule has 3 aromatic rings. The van der Waals surface area contributed by atoms with Crippen LogP contribution >= 0.6 is 11.6 Å². The molecule has 7 nitrogen and oxygen atoms in total. The van der Waals surface area contributed by atoms with Crippen molar-refractivity contribution in [1.82, 2.24) is 14.9 Å². The molecule has 5 rings (SSSR count). The lowest BCUT2D eigenvalue weighted by atomic mass is 9.94. The second-order valence-corrected chi connectivity index (χ2v) is 9.71. The second-order valence-electron chi connectivity index (χ2n) is 9.40. The maximum Gasteiger partial charge on any atom is 0.135 e. The fourth-order valence-corrected chi connectivity index (χ4v) is 5.45. The van der Waals surface area contributed by atoms with Gasteiger partial charge in [-0.15, -0.1) is 11.6 Å². The molecule has 0 spiro atoms. The van der Waals surface area contributed by atoms with Gasteiger partial charge < -0.3 is 20.4 Å². The average molecular weight is 494 g/mol. The maximum absolute atomic E-state index is 11.0. The van der Waals surface area contributed by atoms with Gasteiger partial charge in [-0.3, -0.25) is 4.90 Å². The van der Waals surface area contributed by atoms with E-state index in [0.29, 0.717) is 18.2 Å². The molecule has 3 atom stereocenters. The highest BCUT2D eigenvalue weighted by molar-refractivity contribution is 6.18. The molecule has 2 aliphatic rings. The first-order valence-corrected chi connectivity index (χ1v) is 12.8. The van der Waals surface area contributed by atoms with Crippen molar-refractivity contribution >= 4 is 28.9 Å². The van der Waals surface area contributed by atoms with Gasteiger partial charge >= 0.3 is 0 Å². The molecule has 3 N–H and O–H groups in total. The van der Waals surface area contributed by atoms with Crippen LogP contribution in [-0.2, 0) is 13.0 Å². The summed E-state index contributed by atoms with van der Waals surface area (Å²) in [5.74, 6) is 1.82. The molecule has 0 amide bonds. The lowest BCUT2D eigenvalue weighted by Crippen LogP contribution is -2.55. The monoisotopic (exact) mass is 493 g/mol. The topological polar surface area (TPSA) is 84.8 Å². The second kappa shape index (κ2) is 10.9. The van der Waals surface area contributed by atoms with E-state index >= 15 is 0 Å². The minimum Gasteiger partial charge on any atom is -0.396 e. The maximum atomic E-state index is 11.0. The number of hydrogen-bond acceptors (Lipinski definition) is 7. The number of alkyl halides is 1. The SMILES string of the molecule is OCC(CCl)c1ccc(Nc2cc(N3CC[C@H](N4CCc5ccccc5C4)[C@@H](O)C3)ncn2)cc1. The van der Waals surface area contributed by atoms with Crippen molar-refractivity contribution < 1.29 is 10.2 Å². The third-order valence-corrected chi connectivity index (χ3v) is 7.59. The highest BCUT2D eigenvalue weighted by Crippen LogP contribution is 2.28. The molecule has 2 aliphatic heterocycles. The first kappa shape index (κ1) is 24.0. The van der Waals surface area contributed by atoms with Gasteiger partial charge in [0.05, 0.1) is 12.7 Å². The molecular formula is C27H32ClN5O2. The zero-order valence-electron chi connectivity index (χ0n) is 19.7. The molecule has 8 heteroatoms. The molecule has 0 saturated carbocycles. The number of piperidine rings is 1. The molecular weight excluding hydrogens is 462 g/mol. The summed E-state index contributed by atoms with van der Waals surface area (Å²) in [6.45, 7) is 3.31. The standard InChI is InChI=1S/C27H32ClN5O2/c28-14-22(17-34)20-5-7-23(8-6-20)31-26-13-27(30-18-29-26)33-12-10-24(25(35)16-33)32-11-9-19-3-1-2-4-21(19)15-32/h1-8,13,18,22,24-25,34-35H,9-12,14-17H2,(H,29,30,31)/t22?,24-,25-/m0/s1. The lowest BCUT2D eigenvalue weighted by molar-refractivity contribution is 0.0293. The van der Waals surface area contributed by atoms with Crippen molar-refractivity contribution in [3.8, 4) is 0 Å². The summed E-state index contributed by atoms with van der Waals surface area (Å²) in [5.41, 5.74) is 4.71. The van der Waals surface area contributed by atoms with Gasteiger partial charge in [0.15, 0.2) is 0 Å². The number of β-amino-alcohol motifs (C(OH)–C–C–N with tert-alkyl or cyclic N) is 1. The van der Waals surface area contributed by atoms with Crippen LogP contribution in [0.15, 0.2) is 60.9 Å². The van der Waals surface area contributed by atoms with Crippen LogP contribution in [0.3, 0.4) is 0 Å². The number of rotatable bonds is 7. The Kier molecular flexibility index (Phi) is 7.48. The van der Waals surface area contributed by atoms with E-state index in [-0.39, 0.29) is 18.6 Å². The number of halogens is 1. The third kappa shape index (κ3) is 5.43. The highest BCUT2D eigenvalue weighted by atomic mass is 35.5. The summed E-state index contributed by atoms with van der Waals surface area (Å²) in [5, 5.41) is 23.8. The number of fused-ring (bicyclic) bond motifs is 1. The van der Waals surface area contributed by atoms with E-state index in [9.17, 15) is 10.2 Å². The number of benzene rings is 2. The number of nitrogens with zero attached hydrogens (tertiary/aromatic N) is 4. The molecule has 2 aromatic carbocycles. The van der Waals surface area contributed by atoms with Gasteiger partial charge in [-0.1, -0.05) is 36.4 Å². The number of anilines is 3. The molecule has 0 radical (unpaired) electrons. The van der Waals surface area contributed by atoms with Gasteiger partial charge in [0.2, 0.25) is 0 Å². The summed E-state index contributed by atoms with van der Waals surface area (Å²) in [4.78, 5) is 13.4. The van der Waals surface area contributed by atoms with Crippen LogP contribution in [-0.4, -0.2) is 69.3 Å². The minimum absolute atomic E-state index is 0.0269. The summed E-state index contributed by atoms with van der Waals surface area (Å²) in [6.07, 6.45) is 3.05. The highest BCUT2D eigenvalue weighted by Gasteiger charge is 2.34. The summed E-state index contributed by atoms with van der Waals surface area (Å²) < 4.78 is 0. The van der Waals surface area contributed by atoms with Crippen molar-refractivity contribution in [3.05, 3.63) is 77.6 Å². The fraction of sp³-hybridized carbons (Fsp3) is 0.407. The normalized spacial score (nSPS) is 21.4. The van der Waals surface area contributed by atoms with Gasteiger partial charge in [0.25, 0.3) is 0 Å². The largest absolute Gasteiger partial charge is 0.396 e. The van der Waals surface area contributed by atoms with E-state index in [2.05, 4.69) is 49.4 Å². The van der Waals surface area contributed by atoms with Gasteiger partial charge in [-0.2, -0.15) is 0 Å². The van der Waals surface area contributed by atoms with Crippen molar-refractivity contribution in [1.29, 1.82) is 0 Å².